The van der Waals surface area contributed by atoms with Crippen LogP contribution in [0.25, 0.3) is 0 Å². The molecule has 198 valence electrons. The van der Waals surface area contributed by atoms with Crippen molar-refractivity contribution in [3.8, 4) is 0 Å². The van der Waals surface area contributed by atoms with Crippen LogP contribution in [0.4, 0.5) is 10.8 Å². The predicted molar refractivity (Wildman–Crippen MR) is 143 cm³/mol. The molecule has 37 heavy (non-hydrogen) atoms. The molecule has 1 atom stereocenters. The number of nitrogens with one attached hydrogen (secondary N) is 2. The number of hydrogen-bond acceptors (Lipinski definition) is 8. The highest BCUT2D eigenvalue weighted by Crippen LogP contribution is 2.27. The molecule has 1 aliphatic heterocycles. The van der Waals surface area contributed by atoms with E-state index in [1.807, 2.05) is 13.8 Å². The molecule has 1 unspecified atom stereocenters. The molecule has 0 aliphatic carbocycles. The lowest BCUT2D eigenvalue weighted by Gasteiger charge is -2.34. The molecule has 10 nitrogen and oxygen atoms in total. The third-order valence-corrected chi connectivity index (χ3v) is 10.6. The third kappa shape index (κ3) is 6.17. The van der Waals surface area contributed by atoms with Crippen molar-refractivity contribution in [3.63, 3.8) is 0 Å². The van der Waals surface area contributed by atoms with Gasteiger partial charge in [-0.2, -0.15) is 4.31 Å². The normalized spacial score (nSPS) is 16.9. The van der Waals surface area contributed by atoms with Gasteiger partial charge < -0.3 is 5.32 Å². The van der Waals surface area contributed by atoms with Crippen LogP contribution in [-0.4, -0.2) is 49.8 Å². The number of benzene rings is 2. The van der Waals surface area contributed by atoms with Crippen LogP contribution in [0, 0.1) is 0 Å². The second-order valence-electron chi connectivity index (χ2n) is 8.64. The van der Waals surface area contributed by atoms with Gasteiger partial charge in [-0.15, -0.1) is 10.2 Å². The first kappa shape index (κ1) is 27.2. The van der Waals surface area contributed by atoms with Crippen LogP contribution in [-0.2, 0) is 26.5 Å². The summed E-state index contributed by atoms with van der Waals surface area (Å²) in [5.74, 6) is -0.442. The Morgan fingerprint density at radius 1 is 0.973 bits per heavy atom. The van der Waals surface area contributed by atoms with Crippen LogP contribution in [0.2, 0.25) is 0 Å². The zero-order valence-corrected chi connectivity index (χ0v) is 23.0. The van der Waals surface area contributed by atoms with Crippen molar-refractivity contribution in [2.45, 2.75) is 61.8 Å². The number of carbonyl (C=O) groups is 1. The van der Waals surface area contributed by atoms with Crippen molar-refractivity contribution < 1.29 is 21.6 Å². The smallest absolute Gasteiger partial charge is 0.263 e. The molecule has 1 saturated heterocycles. The summed E-state index contributed by atoms with van der Waals surface area (Å²) in [5, 5.41) is 11.3. The maximum Gasteiger partial charge on any atom is 0.263 e. The highest BCUT2D eigenvalue weighted by atomic mass is 32.2. The number of rotatable bonds is 9. The van der Waals surface area contributed by atoms with E-state index in [9.17, 15) is 21.6 Å². The highest BCUT2D eigenvalue weighted by Gasteiger charge is 2.32. The SMILES string of the molecule is CCc1nnc(NS(=O)(=O)c2ccc(NC(=O)c3ccc(S(=O)(=O)N4CCCCC4CC)cc3)cc2)s1. The highest BCUT2D eigenvalue weighted by molar-refractivity contribution is 7.93. The molecule has 1 aromatic heterocycles. The lowest BCUT2D eigenvalue weighted by atomic mass is 10.0. The number of aryl methyl sites for hydroxylation is 1. The first-order chi connectivity index (χ1) is 17.6. The van der Waals surface area contributed by atoms with Gasteiger partial charge in [0.25, 0.3) is 15.9 Å². The van der Waals surface area contributed by atoms with Gasteiger partial charge in [0.15, 0.2) is 0 Å². The summed E-state index contributed by atoms with van der Waals surface area (Å²) in [6.45, 7) is 4.40. The van der Waals surface area contributed by atoms with Gasteiger partial charge in [0.2, 0.25) is 15.2 Å². The lowest BCUT2D eigenvalue weighted by Crippen LogP contribution is -2.43. The van der Waals surface area contributed by atoms with Crippen molar-refractivity contribution in [1.82, 2.24) is 14.5 Å². The maximum absolute atomic E-state index is 13.1. The molecule has 0 radical (unpaired) electrons. The van der Waals surface area contributed by atoms with Gasteiger partial charge in [-0.05, 0) is 74.2 Å². The molecular weight excluding hydrogens is 534 g/mol. The number of piperidine rings is 1. The van der Waals surface area contributed by atoms with E-state index in [4.69, 9.17) is 0 Å². The number of anilines is 2. The summed E-state index contributed by atoms with van der Waals surface area (Å²) in [7, 11) is -7.49. The van der Waals surface area contributed by atoms with E-state index in [1.54, 1.807) is 4.31 Å². The van der Waals surface area contributed by atoms with Crippen LogP contribution in [0.5, 0.6) is 0 Å². The number of nitrogens with zero attached hydrogens (tertiary/aromatic N) is 3. The minimum absolute atomic E-state index is 0.00392. The second-order valence-corrected chi connectivity index (χ2v) is 13.3. The molecule has 2 aromatic carbocycles. The van der Waals surface area contributed by atoms with Gasteiger partial charge in [0.05, 0.1) is 9.79 Å². The van der Waals surface area contributed by atoms with E-state index in [0.717, 1.165) is 30.7 Å². The zero-order chi connectivity index (χ0) is 26.6. The molecule has 2 heterocycles. The van der Waals surface area contributed by atoms with Crippen molar-refractivity contribution in [2.24, 2.45) is 0 Å². The number of aromatic nitrogens is 2. The Kier molecular flexibility index (Phi) is 8.26. The van der Waals surface area contributed by atoms with Crippen LogP contribution < -0.4 is 10.0 Å². The molecule has 1 aliphatic rings. The van der Waals surface area contributed by atoms with E-state index in [2.05, 4.69) is 20.2 Å². The minimum atomic E-state index is -3.86. The average molecular weight is 564 g/mol. The summed E-state index contributed by atoms with van der Waals surface area (Å²) < 4.78 is 55.5. The number of amides is 1. The van der Waals surface area contributed by atoms with Crippen LogP contribution in [0.3, 0.4) is 0 Å². The third-order valence-electron chi connectivity index (χ3n) is 6.18. The van der Waals surface area contributed by atoms with E-state index in [1.165, 1.54) is 59.9 Å². The Morgan fingerprint density at radius 3 is 2.27 bits per heavy atom. The minimum Gasteiger partial charge on any atom is -0.322 e. The van der Waals surface area contributed by atoms with Gasteiger partial charge in [0, 0.05) is 23.8 Å². The Balaban J connectivity index is 1.42. The quantitative estimate of drug-likeness (QED) is 0.400. The summed E-state index contributed by atoms with van der Waals surface area (Å²) in [5.41, 5.74) is 0.676. The molecule has 2 N–H and O–H groups in total. The number of hydrogen-bond donors (Lipinski definition) is 2. The fourth-order valence-corrected chi connectivity index (χ4v) is 7.82. The Bertz CT molecular complexity index is 1450. The van der Waals surface area contributed by atoms with E-state index < -0.39 is 26.0 Å². The van der Waals surface area contributed by atoms with Gasteiger partial charge in [0.1, 0.15) is 5.01 Å². The summed E-state index contributed by atoms with van der Waals surface area (Å²) in [6, 6.07) is 11.5. The lowest BCUT2D eigenvalue weighted by molar-refractivity contribution is 0.102. The molecule has 4 rings (SSSR count). The topological polar surface area (TPSA) is 138 Å². The monoisotopic (exact) mass is 563 g/mol. The number of sulfonamides is 2. The van der Waals surface area contributed by atoms with E-state index in [0.29, 0.717) is 18.7 Å². The molecule has 0 bridgehead atoms. The summed E-state index contributed by atoms with van der Waals surface area (Å²) >= 11 is 1.17. The molecule has 1 fully saturated rings. The fraction of sp³-hybridized carbons (Fsp3) is 0.375. The average Bonchev–Trinajstić information content (AvgIpc) is 3.35. The maximum atomic E-state index is 13.1. The molecule has 1 amide bonds. The molecule has 0 saturated carbocycles. The van der Waals surface area contributed by atoms with Gasteiger partial charge in [-0.25, -0.2) is 16.8 Å². The van der Waals surface area contributed by atoms with Gasteiger partial charge >= 0.3 is 0 Å². The van der Waals surface area contributed by atoms with Crippen molar-refractivity contribution in [3.05, 3.63) is 59.1 Å². The molecular formula is C24H29N5O5S3. The Morgan fingerprint density at radius 2 is 1.65 bits per heavy atom. The molecule has 13 heteroatoms. The first-order valence-corrected chi connectivity index (χ1v) is 15.8. The van der Waals surface area contributed by atoms with Crippen molar-refractivity contribution in [1.29, 1.82) is 0 Å². The first-order valence-electron chi connectivity index (χ1n) is 12.0. The second kappa shape index (κ2) is 11.3. The van der Waals surface area contributed by atoms with E-state index >= 15 is 0 Å². The van der Waals surface area contributed by atoms with Crippen molar-refractivity contribution >= 4 is 48.1 Å². The Hall–Kier alpha value is -2.87. The molecule has 3 aromatic rings. The van der Waals surface area contributed by atoms with Gasteiger partial charge in [-0.1, -0.05) is 31.6 Å². The number of carbonyl (C=O) groups excluding carboxylic acids is 1. The summed E-state index contributed by atoms with van der Waals surface area (Å²) in [6.07, 6.45) is 4.14. The van der Waals surface area contributed by atoms with Crippen molar-refractivity contribution in [2.75, 3.05) is 16.6 Å². The van der Waals surface area contributed by atoms with Crippen LogP contribution >= 0.6 is 11.3 Å². The largest absolute Gasteiger partial charge is 0.322 e. The van der Waals surface area contributed by atoms with Crippen LogP contribution in [0.1, 0.15) is 54.9 Å². The standard InChI is InChI=1S/C24H29N5O5S3/c1-3-19-7-5-6-16-29(19)37(33,34)21-12-8-17(9-13-21)23(30)25-18-10-14-20(15-11-18)36(31,32)28-24-27-26-22(4-2)35-24/h8-15,19H,3-7,16H2,1-2H3,(H,25,30)(H,27,28). The van der Waals surface area contributed by atoms with E-state index in [-0.39, 0.29) is 26.5 Å². The Labute approximate surface area is 221 Å². The van der Waals surface area contributed by atoms with Gasteiger partial charge in [-0.3, -0.25) is 9.52 Å². The predicted octanol–water partition coefficient (Wildman–Crippen LogP) is 4.11. The van der Waals surface area contributed by atoms with Crippen LogP contribution in [0.15, 0.2) is 58.3 Å². The zero-order valence-electron chi connectivity index (χ0n) is 20.5. The molecule has 0 spiro atoms. The fourth-order valence-electron chi connectivity index (χ4n) is 4.14. The summed E-state index contributed by atoms with van der Waals surface area (Å²) in [4.78, 5) is 12.9.